The second-order valence-corrected chi connectivity index (χ2v) is 5.06. The largest absolute Gasteiger partial charge is 0.409 e. The fraction of sp³-hybridized carbons (Fsp3) is 0.667. The molecule has 0 saturated heterocycles. The van der Waals surface area contributed by atoms with Gasteiger partial charge in [0.15, 0.2) is 11.7 Å². The topological polar surface area (TPSA) is 87.6 Å². The van der Waals surface area contributed by atoms with Crippen LogP contribution in [0.1, 0.15) is 57.9 Å². The number of hydrogen-bond donors (Lipinski definition) is 2. The summed E-state index contributed by atoms with van der Waals surface area (Å²) >= 11 is 0. The monoisotopic (exact) mass is 293 g/mol. The second kappa shape index (κ2) is 7.81. The number of aryl methyl sites for hydroxylation is 1. The van der Waals surface area contributed by atoms with Crippen molar-refractivity contribution >= 4 is 11.7 Å². The lowest BCUT2D eigenvalue weighted by molar-refractivity contribution is 0.318. The molecule has 118 valence electrons. The Labute approximate surface area is 127 Å². The van der Waals surface area contributed by atoms with Crippen LogP contribution in [0.5, 0.6) is 0 Å². The minimum absolute atomic E-state index is 0.105. The Kier molecular flexibility index (Phi) is 6.39. The first-order chi connectivity index (χ1) is 10.0. The number of rotatable bonds is 7. The Morgan fingerprint density at radius 3 is 2.33 bits per heavy atom. The summed E-state index contributed by atoms with van der Waals surface area (Å²) in [5, 5.41) is 21.1. The maximum Gasteiger partial charge on any atom is 0.174 e. The van der Waals surface area contributed by atoms with E-state index in [1.165, 1.54) is 0 Å². The molecule has 1 atom stereocenters. The molecule has 1 rings (SSSR count). The normalized spacial score (nSPS) is 13.3. The van der Waals surface area contributed by atoms with Gasteiger partial charge in [0.1, 0.15) is 0 Å². The van der Waals surface area contributed by atoms with Crippen LogP contribution in [0.15, 0.2) is 5.16 Å². The number of oxime groups is 1. The van der Waals surface area contributed by atoms with E-state index < -0.39 is 0 Å². The first-order valence-electron chi connectivity index (χ1n) is 7.68. The third-order valence-corrected chi connectivity index (χ3v) is 3.93. The zero-order valence-corrected chi connectivity index (χ0v) is 13.7. The molecule has 0 fully saturated rings. The van der Waals surface area contributed by atoms with Crippen LogP contribution < -0.4 is 10.6 Å². The second-order valence-electron chi connectivity index (χ2n) is 5.06. The molecule has 0 aromatic carbocycles. The number of nitrogens with zero attached hydrogens (tertiary/aromatic N) is 4. The molecule has 21 heavy (non-hydrogen) atoms. The quantitative estimate of drug-likeness (QED) is 0.348. The van der Waals surface area contributed by atoms with Gasteiger partial charge in [-0.05, 0) is 38.7 Å². The van der Waals surface area contributed by atoms with Gasteiger partial charge in [-0.1, -0.05) is 25.9 Å². The van der Waals surface area contributed by atoms with Gasteiger partial charge in [-0.25, -0.2) is 0 Å². The van der Waals surface area contributed by atoms with Gasteiger partial charge in [-0.3, -0.25) is 0 Å². The van der Waals surface area contributed by atoms with Gasteiger partial charge in [0, 0.05) is 12.6 Å². The van der Waals surface area contributed by atoms with Gasteiger partial charge >= 0.3 is 0 Å². The van der Waals surface area contributed by atoms with E-state index in [9.17, 15) is 0 Å². The van der Waals surface area contributed by atoms with Crippen LogP contribution in [0.25, 0.3) is 0 Å². The minimum Gasteiger partial charge on any atom is -0.409 e. The highest BCUT2D eigenvalue weighted by molar-refractivity contribution is 6.03. The van der Waals surface area contributed by atoms with Crippen LogP contribution in [-0.4, -0.2) is 33.8 Å². The van der Waals surface area contributed by atoms with E-state index in [2.05, 4.69) is 41.0 Å². The summed E-state index contributed by atoms with van der Waals surface area (Å²) in [5.74, 6) is 0.810. The molecule has 0 radical (unpaired) electrons. The summed E-state index contributed by atoms with van der Waals surface area (Å²) in [6.45, 7) is 11.2. The Bertz CT molecular complexity index is 501. The predicted molar refractivity (Wildman–Crippen MR) is 86.1 cm³/mol. The van der Waals surface area contributed by atoms with Crippen LogP contribution in [-0.2, 0) is 12.8 Å². The van der Waals surface area contributed by atoms with Crippen molar-refractivity contribution in [2.75, 3.05) is 11.4 Å². The lowest BCUT2D eigenvalue weighted by Crippen LogP contribution is -2.36. The van der Waals surface area contributed by atoms with Crippen molar-refractivity contribution in [1.82, 2.24) is 10.2 Å². The molecule has 6 nitrogen and oxygen atoms in total. The van der Waals surface area contributed by atoms with Crippen molar-refractivity contribution in [3.63, 3.8) is 0 Å². The van der Waals surface area contributed by atoms with Gasteiger partial charge in [0.25, 0.3) is 0 Å². The summed E-state index contributed by atoms with van der Waals surface area (Å²) in [7, 11) is 0. The van der Waals surface area contributed by atoms with Crippen LogP contribution in [0.3, 0.4) is 0 Å². The van der Waals surface area contributed by atoms with Crippen LogP contribution in [0, 0.1) is 0 Å². The number of amidine groups is 1. The van der Waals surface area contributed by atoms with Crippen LogP contribution in [0.4, 0.5) is 5.82 Å². The van der Waals surface area contributed by atoms with Gasteiger partial charge in [0.2, 0.25) is 0 Å². The Balaban J connectivity index is 3.57. The molecule has 6 heteroatoms. The molecule has 0 aliphatic rings. The Morgan fingerprint density at radius 1 is 1.24 bits per heavy atom. The molecule has 1 unspecified atom stereocenters. The van der Waals surface area contributed by atoms with Crippen molar-refractivity contribution in [3.05, 3.63) is 16.8 Å². The summed E-state index contributed by atoms with van der Waals surface area (Å²) in [6, 6.07) is 0.312. The summed E-state index contributed by atoms with van der Waals surface area (Å²) in [6.07, 6.45) is 2.54. The zero-order chi connectivity index (χ0) is 16.0. The van der Waals surface area contributed by atoms with E-state index in [0.717, 1.165) is 37.1 Å². The summed E-state index contributed by atoms with van der Waals surface area (Å²) < 4.78 is 0. The molecule has 3 N–H and O–H groups in total. The molecule has 1 aromatic heterocycles. The predicted octanol–water partition coefficient (Wildman–Crippen LogP) is 2.32. The smallest absolute Gasteiger partial charge is 0.174 e. The number of anilines is 1. The first kappa shape index (κ1) is 17.2. The van der Waals surface area contributed by atoms with Crippen LogP contribution in [0.2, 0.25) is 0 Å². The highest BCUT2D eigenvalue weighted by atomic mass is 16.4. The van der Waals surface area contributed by atoms with Crippen LogP contribution >= 0.6 is 0 Å². The summed E-state index contributed by atoms with van der Waals surface area (Å²) in [4.78, 5) is 2.15. The minimum atomic E-state index is 0.105. The summed E-state index contributed by atoms with van der Waals surface area (Å²) in [5.41, 5.74) is 8.57. The molecule has 1 aromatic rings. The van der Waals surface area contributed by atoms with E-state index >= 15 is 0 Å². The molecular formula is C15H27N5O. The van der Waals surface area contributed by atoms with Crippen molar-refractivity contribution in [3.8, 4) is 0 Å². The molecule has 0 saturated carbocycles. The van der Waals surface area contributed by atoms with E-state index in [1.54, 1.807) is 0 Å². The maximum absolute atomic E-state index is 9.14. The van der Waals surface area contributed by atoms with Crippen molar-refractivity contribution in [1.29, 1.82) is 0 Å². The van der Waals surface area contributed by atoms with E-state index in [0.29, 0.717) is 17.4 Å². The average molecular weight is 293 g/mol. The molecular weight excluding hydrogens is 266 g/mol. The molecule has 0 bridgehead atoms. The fourth-order valence-electron chi connectivity index (χ4n) is 2.57. The highest BCUT2D eigenvalue weighted by Crippen LogP contribution is 2.26. The van der Waals surface area contributed by atoms with Gasteiger partial charge in [-0.15, -0.1) is 5.10 Å². The van der Waals surface area contributed by atoms with E-state index in [1.807, 2.05) is 13.8 Å². The number of aromatic nitrogens is 2. The zero-order valence-electron chi connectivity index (χ0n) is 13.7. The van der Waals surface area contributed by atoms with Gasteiger partial charge < -0.3 is 15.8 Å². The Hall–Kier alpha value is -1.85. The standard InChI is InChI=1S/C15H27N5O/c1-6-10(5)20(9-4)15-13(14(16)19-21)11(7-2)12(8-3)17-18-15/h10,21H,6-9H2,1-5H3,(H2,16,19). The van der Waals surface area contributed by atoms with Gasteiger partial charge in [0.05, 0.1) is 11.3 Å². The lowest BCUT2D eigenvalue weighted by atomic mass is 10.0. The van der Waals surface area contributed by atoms with Crippen molar-refractivity contribution in [2.45, 2.75) is 59.9 Å². The SMILES string of the molecule is CCc1nnc(N(CC)C(C)CC)c(C(N)=NO)c1CC. The third kappa shape index (κ3) is 3.43. The number of nitrogens with two attached hydrogens (primary N) is 1. The Morgan fingerprint density at radius 2 is 1.90 bits per heavy atom. The number of hydrogen-bond acceptors (Lipinski definition) is 5. The molecule has 0 aliphatic heterocycles. The average Bonchev–Trinajstić information content (AvgIpc) is 2.53. The lowest BCUT2D eigenvalue weighted by Gasteiger charge is -2.30. The van der Waals surface area contributed by atoms with E-state index in [-0.39, 0.29) is 5.84 Å². The highest BCUT2D eigenvalue weighted by Gasteiger charge is 2.23. The van der Waals surface area contributed by atoms with Crippen molar-refractivity contribution < 1.29 is 5.21 Å². The first-order valence-corrected chi connectivity index (χ1v) is 7.68. The van der Waals surface area contributed by atoms with Crippen molar-refractivity contribution in [2.24, 2.45) is 10.9 Å². The van der Waals surface area contributed by atoms with E-state index in [4.69, 9.17) is 10.9 Å². The molecule has 0 spiro atoms. The fourth-order valence-corrected chi connectivity index (χ4v) is 2.57. The maximum atomic E-state index is 9.14. The van der Waals surface area contributed by atoms with Gasteiger partial charge in [-0.2, -0.15) is 5.10 Å². The third-order valence-electron chi connectivity index (χ3n) is 3.93. The molecule has 1 heterocycles. The molecule has 0 amide bonds. The molecule has 0 aliphatic carbocycles.